The first kappa shape index (κ1) is 17.9. The number of halogens is 2. The molecule has 0 unspecified atom stereocenters. The Bertz CT molecular complexity index is 426. The maximum atomic E-state index is 10.9. The molecule has 0 aromatic carbocycles. The largest absolute Gasteiger partial charge is 0.351 e. The van der Waals surface area contributed by atoms with Crippen molar-refractivity contribution in [2.75, 3.05) is 24.5 Å². The summed E-state index contributed by atoms with van der Waals surface area (Å²) in [5.41, 5.74) is 5.75. The number of aryl methyl sites for hydroxylation is 1. The molecule has 0 saturated carbocycles. The van der Waals surface area contributed by atoms with Crippen LogP contribution in [0.3, 0.4) is 0 Å². The third-order valence-electron chi connectivity index (χ3n) is 3.24. The molecular formula is C10H19Cl2N5O2. The van der Waals surface area contributed by atoms with Crippen molar-refractivity contribution in [3.05, 3.63) is 16.3 Å². The van der Waals surface area contributed by atoms with E-state index in [1.54, 1.807) is 11.7 Å². The van der Waals surface area contributed by atoms with Crippen molar-refractivity contribution in [3.63, 3.8) is 0 Å². The maximum Gasteiger partial charge on any atom is 0.331 e. The summed E-state index contributed by atoms with van der Waals surface area (Å²) in [5, 5.41) is 14.9. The number of piperidine rings is 1. The van der Waals surface area contributed by atoms with Crippen molar-refractivity contribution in [2.24, 2.45) is 18.7 Å². The predicted molar refractivity (Wildman–Crippen MR) is 78.3 cm³/mol. The van der Waals surface area contributed by atoms with Crippen LogP contribution < -0.4 is 10.6 Å². The summed E-state index contributed by atoms with van der Waals surface area (Å²) in [7, 11) is 1.73. The van der Waals surface area contributed by atoms with Gasteiger partial charge < -0.3 is 10.6 Å². The summed E-state index contributed by atoms with van der Waals surface area (Å²) in [6.45, 7) is 2.23. The Morgan fingerprint density at radius 3 is 2.84 bits per heavy atom. The van der Waals surface area contributed by atoms with Crippen LogP contribution in [-0.4, -0.2) is 34.3 Å². The zero-order valence-electron chi connectivity index (χ0n) is 10.7. The number of nitro groups is 1. The van der Waals surface area contributed by atoms with Gasteiger partial charge in [0.05, 0.1) is 4.92 Å². The molecule has 0 amide bonds. The smallest absolute Gasteiger partial charge is 0.331 e. The molecule has 1 atom stereocenters. The Labute approximate surface area is 124 Å². The molecule has 0 bridgehead atoms. The average Bonchev–Trinajstić information content (AvgIpc) is 2.71. The second kappa shape index (κ2) is 7.52. The predicted octanol–water partition coefficient (Wildman–Crippen LogP) is 1.35. The Morgan fingerprint density at radius 1 is 1.58 bits per heavy atom. The summed E-state index contributed by atoms with van der Waals surface area (Å²) < 4.78 is 1.57. The number of nitrogens with zero attached hydrogens (tertiary/aromatic N) is 4. The highest BCUT2D eigenvalue weighted by Gasteiger charge is 2.28. The molecule has 2 N–H and O–H groups in total. The Morgan fingerprint density at radius 2 is 2.26 bits per heavy atom. The first-order chi connectivity index (χ1) is 8.13. The SMILES string of the molecule is Cl.Cl.Cn1ncc([N+](=O)[O-])c1N1CCC[C@H](CN)C1. The van der Waals surface area contributed by atoms with Crippen LogP contribution >= 0.6 is 24.8 Å². The van der Waals surface area contributed by atoms with Gasteiger partial charge >= 0.3 is 5.69 Å². The second-order valence-electron chi connectivity index (χ2n) is 4.42. The number of hydrogen-bond acceptors (Lipinski definition) is 5. The van der Waals surface area contributed by atoms with Crippen LogP contribution in [0.4, 0.5) is 11.5 Å². The Balaban J connectivity index is 0.00000162. The van der Waals surface area contributed by atoms with Crippen LogP contribution in [0.15, 0.2) is 6.20 Å². The molecular weight excluding hydrogens is 293 g/mol. The first-order valence-corrected chi connectivity index (χ1v) is 5.75. The number of rotatable bonds is 3. The van der Waals surface area contributed by atoms with Crippen molar-refractivity contribution in [3.8, 4) is 0 Å². The standard InChI is InChI=1S/C10H17N5O2.2ClH/c1-13-10(9(6-12-13)15(16)17)14-4-2-3-8(5-11)7-14;;/h6,8H,2-5,7,11H2,1H3;2*1H/t8-;;/m1../s1. The molecule has 2 rings (SSSR count). The molecule has 1 aromatic heterocycles. The van der Waals surface area contributed by atoms with Crippen molar-refractivity contribution in [2.45, 2.75) is 12.8 Å². The molecule has 1 fully saturated rings. The first-order valence-electron chi connectivity index (χ1n) is 5.75. The normalized spacial score (nSPS) is 18.4. The van der Waals surface area contributed by atoms with E-state index in [1.165, 1.54) is 6.20 Å². The van der Waals surface area contributed by atoms with E-state index < -0.39 is 0 Å². The summed E-state index contributed by atoms with van der Waals surface area (Å²) >= 11 is 0. The molecule has 0 aliphatic carbocycles. The maximum absolute atomic E-state index is 10.9. The highest BCUT2D eigenvalue weighted by Crippen LogP contribution is 2.30. The second-order valence-corrected chi connectivity index (χ2v) is 4.42. The van der Waals surface area contributed by atoms with Crippen LogP contribution in [0, 0.1) is 16.0 Å². The number of hydrogen-bond donors (Lipinski definition) is 1. The number of aromatic nitrogens is 2. The van der Waals surface area contributed by atoms with Gasteiger partial charge in [0.15, 0.2) is 0 Å². The molecule has 1 aliphatic heterocycles. The summed E-state index contributed by atoms with van der Waals surface area (Å²) in [4.78, 5) is 12.6. The van der Waals surface area contributed by atoms with E-state index in [9.17, 15) is 10.1 Å². The van der Waals surface area contributed by atoms with Crippen molar-refractivity contribution in [1.29, 1.82) is 0 Å². The van der Waals surface area contributed by atoms with Gasteiger partial charge in [-0.1, -0.05) is 0 Å². The zero-order valence-corrected chi connectivity index (χ0v) is 12.3. The lowest BCUT2D eigenvalue weighted by Crippen LogP contribution is -2.39. The van der Waals surface area contributed by atoms with Crippen LogP contribution in [-0.2, 0) is 7.05 Å². The van der Waals surface area contributed by atoms with Gasteiger partial charge in [0.25, 0.3) is 0 Å². The lowest BCUT2D eigenvalue weighted by molar-refractivity contribution is -0.384. The number of nitrogens with two attached hydrogens (primary N) is 1. The van der Waals surface area contributed by atoms with E-state index >= 15 is 0 Å². The fourth-order valence-electron chi connectivity index (χ4n) is 2.36. The molecule has 110 valence electrons. The summed E-state index contributed by atoms with van der Waals surface area (Å²) in [6, 6.07) is 0. The lowest BCUT2D eigenvalue weighted by atomic mass is 9.98. The van der Waals surface area contributed by atoms with Gasteiger partial charge in [0.2, 0.25) is 5.82 Å². The summed E-state index contributed by atoms with van der Waals surface area (Å²) in [5.74, 6) is 1.01. The van der Waals surface area contributed by atoms with Crippen molar-refractivity contribution >= 4 is 36.3 Å². The Kier molecular flexibility index (Phi) is 7.10. The van der Waals surface area contributed by atoms with Gasteiger partial charge in [0.1, 0.15) is 6.20 Å². The van der Waals surface area contributed by atoms with Gasteiger partial charge in [-0.15, -0.1) is 24.8 Å². The number of anilines is 1. The van der Waals surface area contributed by atoms with E-state index in [0.29, 0.717) is 18.3 Å². The van der Waals surface area contributed by atoms with Gasteiger partial charge in [-0.25, -0.2) is 4.68 Å². The third-order valence-corrected chi connectivity index (χ3v) is 3.24. The topological polar surface area (TPSA) is 90.2 Å². The molecule has 1 saturated heterocycles. The van der Waals surface area contributed by atoms with E-state index in [0.717, 1.165) is 25.9 Å². The van der Waals surface area contributed by atoms with E-state index in [1.807, 2.05) is 4.90 Å². The molecule has 7 nitrogen and oxygen atoms in total. The van der Waals surface area contributed by atoms with Gasteiger partial charge in [-0.2, -0.15) is 5.10 Å². The van der Waals surface area contributed by atoms with Crippen LogP contribution in [0.1, 0.15) is 12.8 Å². The van der Waals surface area contributed by atoms with Gasteiger partial charge in [0, 0.05) is 20.1 Å². The van der Waals surface area contributed by atoms with Crippen LogP contribution in [0.25, 0.3) is 0 Å². The van der Waals surface area contributed by atoms with Crippen molar-refractivity contribution < 1.29 is 4.92 Å². The molecule has 2 heterocycles. The van der Waals surface area contributed by atoms with E-state index in [4.69, 9.17) is 5.73 Å². The fraction of sp³-hybridized carbons (Fsp3) is 0.700. The fourth-order valence-corrected chi connectivity index (χ4v) is 2.36. The highest BCUT2D eigenvalue weighted by molar-refractivity contribution is 5.85. The van der Waals surface area contributed by atoms with Crippen LogP contribution in [0.5, 0.6) is 0 Å². The summed E-state index contributed by atoms with van der Waals surface area (Å²) in [6.07, 6.45) is 3.42. The van der Waals surface area contributed by atoms with E-state index in [-0.39, 0.29) is 35.4 Å². The van der Waals surface area contributed by atoms with E-state index in [2.05, 4.69) is 5.10 Å². The lowest BCUT2D eigenvalue weighted by Gasteiger charge is -2.32. The monoisotopic (exact) mass is 311 g/mol. The average molecular weight is 312 g/mol. The van der Waals surface area contributed by atoms with Gasteiger partial charge in [-0.05, 0) is 25.3 Å². The molecule has 1 aromatic rings. The minimum Gasteiger partial charge on any atom is -0.351 e. The molecule has 9 heteroatoms. The molecule has 19 heavy (non-hydrogen) atoms. The molecule has 0 radical (unpaired) electrons. The minimum absolute atomic E-state index is 0. The van der Waals surface area contributed by atoms with Crippen molar-refractivity contribution in [1.82, 2.24) is 9.78 Å². The third kappa shape index (κ3) is 3.71. The Hall–Kier alpha value is -1.05. The molecule has 0 spiro atoms. The van der Waals surface area contributed by atoms with Crippen LogP contribution in [0.2, 0.25) is 0 Å². The zero-order chi connectivity index (χ0) is 12.4. The van der Waals surface area contributed by atoms with Gasteiger partial charge in [-0.3, -0.25) is 10.1 Å². The minimum atomic E-state index is -0.381. The highest BCUT2D eigenvalue weighted by atomic mass is 35.5. The quantitative estimate of drug-likeness (QED) is 0.672. The molecule has 1 aliphatic rings.